The number of ether oxygens (including phenoxy) is 1. The Morgan fingerprint density at radius 1 is 1.20 bits per heavy atom. The molecule has 4 fully saturated rings. The summed E-state index contributed by atoms with van der Waals surface area (Å²) in [7, 11) is 1.91. The molecule has 0 aromatic heterocycles. The second-order valence-electron chi connectivity index (χ2n) is 8.29. The predicted molar refractivity (Wildman–Crippen MR) is 113 cm³/mol. The maximum absolute atomic E-state index is 6.03. The Morgan fingerprint density at radius 2 is 1.96 bits per heavy atom. The lowest BCUT2D eigenvalue weighted by molar-refractivity contribution is -0.171. The molecule has 0 radical (unpaired) electrons. The van der Waals surface area contributed by atoms with Crippen molar-refractivity contribution in [3.8, 4) is 0 Å². The minimum absolute atomic E-state index is 0. The summed E-state index contributed by atoms with van der Waals surface area (Å²) in [5.74, 6) is 1.72. The predicted octanol–water partition coefficient (Wildman–Crippen LogP) is 2.60. The molecule has 0 aromatic carbocycles. The van der Waals surface area contributed by atoms with Crippen LogP contribution in [0.4, 0.5) is 0 Å². The molecule has 2 aliphatic heterocycles. The second kappa shape index (κ2) is 8.30. The first kappa shape index (κ1) is 19.7. The van der Waals surface area contributed by atoms with Gasteiger partial charge >= 0.3 is 0 Å². The molecular formula is C19H35IN4O. The Kier molecular flexibility index (Phi) is 6.53. The van der Waals surface area contributed by atoms with E-state index in [1.54, 1.807) is 0 Å². The highest BCUT2D eigenvalue weighted by atomic mass is 127. The molecule has 1 spiro atoms. The van der Waals surface area contributed by atoms with Gasteiger partial charge in [0.05, 0.1) is 6.10 Å². The molecule has 25 heavy (non-hydrogen) atoms. The molecule has 4 aliphatic rings. The number of guanidine groups is 1. The summed E-state index contributed by atoms with van der Waals surface area (Å²) >= 11 is 0. The van der Waals surface area contributed by atoms with Crippen molar-refractivity contribution in [3.05, 3.63) is 0 Å². The number of hydrogen-bond acceptors (Lipinski definition) is 3. The van der Waals surface area contributed by atoms with E-state index in [0.717, 1.165) is 12.6 Å². The standard InChI is InChI=1S/C19H34N4O.HI/c1-3-10-23-11-5-14(6-12-23)21-18(20-2)22-16-15-7-13-24-17(15)19(16)8-4-9-19;/h14-17H,3-13H2,1-2H3,(H2,20,21,22);1H. The molecule has 5 nitrogen and oxygen atoms in total. The fraction of sp³-hybridized carbons (Fsp3) is 0.947. The Morgan fingerprint density at radius 3 is 2.56 bits per heavy atom. The van der Waals surface area contributed by atoms with Crippen LogP contribution in [0.1, 0.15) is 51.9 Å². The normalized spacial score (nSPS) is 34.6. The number of fused-ring (bicyclic) bond motifs is 2. The second-order valence-corrected chi connectivity index (χ2v) is 8.29. The highest BCUT2D eigenvalue weighted by molar-refractivity contribution is 14.0. The zero-order valence-electron chi connectivity index (χ0n) is 15.8. The molecule has 2 saturated carbocycles. The summed E-state index contributed by atoms with van der Waals surface area (Å²) in [5, 5.41) is 7.50. The first-order valence-corrected chi connectivity index (χ1v) is 10.1. The Balaban J connectivity index is 0.00000182. The van der Waals surface area contributed by atoms with Crippen LogP contribution in [0.15, 0.2) is 4.99 Å². The van der Waals surface area contributed by atoms with Gasteiger partial charge in [0, 0.05) is 50.2 Å². The molecule has 0 bridgehead atoms. The summed E-state index contributed by atoms with van der Waals surface area (Å²) in [6, 6.07) is 1.14. The quantitative estimate of drug-likeness (QED) is 0.383. The van der Waals surface area contributed by atoms with E-state index in [9.17, 15) is 0 Å². The van der Waals surface area contributed by atoms with Gasteiger partial charge in [-0.05, 0) is 45.1 Å². The van der Waals surface area contributed by atoms with Gasteiger partial charge in [-0.15, -0.1) is 24.0 Å². The zero-order valence-corrected chi connectivity index (χ0v) is 18.1. The Labute approximate surface area is 169 Å². The lowest BCUT2D eigenvalue weighted by atomic mass is 9.46. The molecule has 0 amide bonds. The van der Waals surface area contributed by atoms with Crippen molar-refractivity contribution in [2.75, 3.05) is 33.3 Å². The molecule has 4 rings (SSSR count). The van der Waals surface area contributed by atoms with Crippen LogP contribution >= 0.6 is 24.0 Å². The van der Waals surface area contributed by atoms with Gasteiger partial charge in [-0.2, -0.15) is 0 Å². The van der Waals surface area contributed by atoms with E-state index < -0.39 is 0 Å². The minimum Gasteiger partial charge on any atom is -0.377 e. The average molecular weight is 462 g/mol. The van der Waals surface area contributed by atoms with Crippen molar-refractivity contribution in [3.63, 3.8) is 0 Å². The molecule has 6 heteroatoms. The van der Waals surface area contributed by atoms with E-state index >= 15 is 0 Å². The number of piperidine rings is 1. The van der Waals surface area contributed by atoms with E-state index in [4.69, 9.17) is 4.74 Å². The number of aliphatic imine (C=N–C) groups is 1. The Hall–Kier alpha value is -0.0800. The zero-order chi connectivity index (χ0) is 16.6. The summed E-state index contributed by atoms with van der Waals surface area (Å²) in [4.78, 5) is 7.12. The fourth-order valence-electron chi connectivity index (χ4n) is 5.58. The van der Waals surface area contributed by atoms with Gasteiger partial charge in [-0.3, -0.25) is 4.99 Å². The maximum atomic E-state index is 6.03. The number of halogens is 1. The van der Waals surface area contributed by atoms with E-state index in [1.165, 1.54) is 64.6 Å². The van der Waals surface area contributed by atoms with Crippen LogP contribution in [0.25, 0.3) is 0 Å². The third-order valence-electron chi connectivity index (χ3n) is 7.02. The lowest BCUT2D eigenvalue weighted by Gasteiger charge is -2.63. The van der Waals surface area contributed by atoms with Crippen LogP contribution in [0.2, 0.25) is 0 Å². The van der Waals surface area contributed by atoms with Crippen molar-refractivity contribution in [1.82, 2.24) is 15.5 Å². The van der Waals surface area contributed by atoms with Gasteiger partial charge in [0.1, 0.15) is 0 Å². The maximum Gasteiger partial charge on any atom is 0.191 e. The molecule has 2 aliphatic carbocycles. The van der Waals surface area contributed by atoms with Crippen LogP contribution in [-0.4, -0.2) is 62.3 Å². The third kappa shape index (κ3) is 3.55. The van der Waals surface area contributed by atoms with Gasteiger partial charge in [0.15, 0.2) is 5.96 Å². The first-order valence-electron chi connectivity index (χ1n) is 10.1. The van der Waals surface area contributed by atoms with Gasteiger partial charge in [-0.25, -0.2) is 0 Å². The monoisotopic (exact) mass is 462 g/mol. The summed E-state index contributed by atoms with van der Waals surface area (Å²) in [6.45, 7) is 6.90. The van der Waals surface area contributed by atoms with E-state index in [1.807, 2.05) is 7.05 Å². The largest absolute Gasteiger partial charge is 0.377 e. The smallest absolute Gasteiger partial charge is 0.191 e. The summed E-state index contributed by atoms with van der Waals surface area (Å²) in [5.41, 5.74) is 0.420. The molecule has 2 saturated heterocycles. The van der Waals surface area contributed by atoms with Gasteiger partial charge in [0.25, 0.3) is 0 Å². The molecule has 3 unspecified atom stereocenters. The van der Waals surface area contributed by atoms with E-state index in [0.29, 0.717) is 29.5 Å². The average Bonchev–Trinajstić information content (AvgIpc) is 2.97. The molecular weight excluding hydrogens is 427 g/mol. The molecule has 3 atom stereocenters. The van der Waals surface area contributed by atoms with Crippen LogP contribution in [0.3, 0.4) is 0 Å². The summed E-state index contributed by atoms with van der Waals surface area (Å²) in [6.07, 6.45) is 9.49. The lowest BCUT2D eigenvalue weighted by Crippen LogP contribution is -2.72. The van der Waals surface area contributed by atoms with Crippen molar-refractivity contribution >= 4 is 29.9 Å². The van der Waals surface area contributed by atoms with Crippen molar-refractivity contribution in [1.29, 1.82) is 0 Å². The summed E-state index contributed by atoms with van der Waals surface area (Å²) < 4.78 is 6.03. The van der Waals surface area contributed by atoms with Gasteiger partial charge in [0.2, 0.25) is 0 Å². The minimum atomic E-state index is 0. The fourth-order valence-corrected chi connectivity index (χ4v) is 5.58. The SMILES string of the molecule is CCCN1CCC(NC(=NC)NC2C3CCOC3C23CCC3)CC1.I. The molecule has 2 heterocycles. The van der Waals surface area contributed by atoms with E-state index in [-0.39, 0.29) is 24.0 Å². The number of nitrogens with zero attached hydrogens (tertiary/aromatic N) is 2. The molecule has 0 aromatic rings. The molecule has 144 valence electrons. The van der Waals surface area contributed by atoms with Gasteiger partial charge < -0.3 is 20.3 Å². The topological polar surface area (TPSA) is 48.9 Å². The highest BCUT2D eigenvalue weighted by Crippen LogP contribution is 2.62. The van der Waals surface area contributed by atoms with Crippen LogP contribution in [-0.2, 0) is 4.74 Å². The van der Waals surface area contributed by atoms with Crippen LogP contribution in [0, 0.1) is 11.3 Å². The van der Waals surface area contributed by atoms with Crippen LogP contribution < -0.4 is 10.6 Å². The Bertz CT molecular complexity index is 474. The van der Waals surface area contributed by atoms with Crippen LogP contribution in [0.5, 0.6) is 0 Å². The first-order chi connectivity index (χ1) is 11.8. The number of nitrogens with one attached hydrogen (secondary N) is 2. The number of likely N-dealkylation sites (tertiary alicyclic amines) is 1. The van der Waals surface area contributed by atoms with Crippen molar-refractivity contribution in [2.24, 2.45) is 16.3 Å². The number of hydrogen-bond donors (Lipinski definition) is 2. The van der Waals surface area contributed by atoms with Crippen molar-refractivity contribution in [2.45, 2.75) is 70.1 Å². The van der Waals surface area contributed by atoms with E-state index in [2.05, 4.69) is 27.4 Å². The van der Waals surface area contributed by atoms with Crippen molar-refractivity contribution < 1.29 is 4.74 Å². The number of rotatable bonds is 4. The molecule has 2 N–H and O–H groups in total. The highest BCUT2D eigenvalue weighted by Gasteiger charge is 2.66. The third-order valence-corrected chi connectivity index (χ3v) is 7.02. The van der Waals surface area contributed by atoms with Gasteiger partial charge in [-0.1, -0.05) is 13.3 Å².